The lowest BCUT2D eigenvalue weighted by Gasteiger charge is -2.23. The van der Waals surface area contributed by atoms with Gasteiger partial charge >= 0.3 is 0 Å². The standard InChI is InChI=1S/C24H25ClN2O3S/c1-17-7-9-20(10-8-17)15-27(31(29,30)22-13-11-21(25)12-14-22)16-23(28)26-24-18(2)5-4-6-19(24)3/h4-14H,15-16H2,1-3H3,(H,26,28). The van der Waals surface area contributed by atoms with Gasteiger partial charge in [0, 0.05) is 17.3 Å². The molecule has 31 heavy (non-hydrogen) atoms. The number of anilines is 1. The average molecular weight is 457 g/mol. The molecule has 0 radical (unpaired) electrons. The van der Waals surface area contributed by atoms with Crippen molar-refractivity contribution < 1.29 is 13.2 Å². The maximum absolute atomic E-state index is 13.3. The Balaban J connectivity index is 1.90. The Morgan fingerprint density at radius 3 is 2.06 bits per heavy atom. The number of nitrogens with zero attached hydrogens (tertiary/aromatic N) is 1. The molecule has 1 amide bonds. The zero-order valence-electron chi connectivity index (χ0n) is 17.7. The first-order valence-electron chi connectivity index (χ1n) is 9.84. The second kappa shape index (κ2) is 9.64. The number of rotatable bonds is 7. The van der Waals surface area contributed by atoms with Crippen LogP contribution in [0.2, 0.25) is 5.02 Å². The highest BCUT2D eigenvalue weighted by Gasteiger charge is 2.27. The minimum atomic E-state index is -3.92. The molecule has 0 heterocycles. The molecule has 0 fully saturated rings. The lowest BCUT2D eigenvalue weighted by molar-refractivity contribution is -0.116. The third-order valence-electron chi connectivity index (χ3n) is 5.00. The first-order valence-corrected chi connectivity index (χ1v) is 11.7. The maximum Gasteiger partial charge on any atom is 0.243 e. The van der Waals surface area contributed by atoms with E-state index in [9.17, 15) is 13.2 Å². The zero-order chi connectivity index (χ0) is 22.6. The van der Waals surface area contributed by atoms with Crippen molar-refractivity contribution in [2.75, 3.05) is 11.9 Å². The first-order chi connectivity index (χ1) is 14.7. The molecule has 3 aromatic rings. The van der Waals surface area contributed by atoms with E-state index >= 15 is 0 Å². The smallest absolute Gasteiger partial charge is 0.243 e. The Labute approximate surface area is 188 Å². The summed E-state index contributed by atoms with van der Waals surface area (Å²) in [7, 11) is -3.92. The Morgan fingerprint density at radius 2 is 1.48 bits per heavy atom. The van der Waals surface area contributed by atoms with Crippen LogP contribution < -0.4 is 5.32 Å². The lowest BCUT2D eigenvalue weighted by Crippen LogP contribution is -2.37. The van der Waals surface area contributed by atoms with Crippen LogP contribution in [-0.4, -0.2) is 25.2 Å². The molecule has 5 nitrogen and oxygen atoms in total. The predicted octanol–water partition coefficient (Wildman–Crippen LogP) is 5.09. The van der Waals surface area contributed by atoms with Crippen molar-refractivity contribution in [2.24, 2.45) is 0 Å². The molecule has 1 N–H and O–H groups in total. The van der Waals surface area contributed by atoms with E-state index in [1.165, 1.54) is 28.6 Å². The van der Waals surface area contributed by atoms with Crippen LogP contribution in [0.4, 0.5) is 5.69 Å². The topological polar surface area (TPSA) is 66.5 Å². The van der Waals surface area contributed by atoms with Crippen LogP contribution in [-0.2, 0) is 21.4 Å². The van der Waals surface area contributed by atoms with Crippen molar-refractivity contribution in [1.29, 1.82) is 0 Å². The van der Waals surface area contributed by atoms with E-state index in [1.54, 1.807) is 0 Å². The van der Waals surface area contributed by atoms with Gasteiger partial charge in [0.2, 0.25) is 15.9 Å². The van der Waals surface area contributed by atoms with Gasteiger partial charge < -0.3 is 5.32 Å². The molecule has 3 rings (SSSR count). The van der Waals surface area contributed by atoms with Crippen LogP contribution in [0.25, 0.3) is 0 Å². The van der Waals surface area contributed by atoms with E-state index in [0.29, 0.717) is 10.7 Å². The van der Waals surface area contributed by atoms with Gasteiger partial charge in [0.05, 0.1) is 11.4 Å². The van der Waals surface area contributed by atoms with Crippen LogP contribution in [0.5, 0.6) is 0 Å². The second-order valence-corrected chi connectivity index (χ2v) is 9.90. The molecule has 0 aliphatic carbocycles. The number of hydrogen-bond donors (Lipinski definition) is 1. The number of carbonyl (C=O) groups is 1. The Hall–Kier alpha value is -2.67. The van der Waals surface area contributed by atoms with E-state index in [0.717, 1.165) is 22.3 Å². The average Bonchev–Trinajstić information content (AvgIpc) is 2.72. The fourth-order valence-electron chi connectivity index (χ4n) is 3.23. The molecule has 0 saturated heterocycles. The third kappa shape index (κ3) is 5.73. The number of aryl methyl sites for hydroxylation is 3. The number of nitrogens with one attached hydrogen (secondary N) is 1. The van der Waals surface area contributed by atoms with Crippen LogP contribution in [0.15, 0.2) is 71.6 Å². The van der Waals surface area contributed by atoms with Crippen molar-refractivity contribution in [1.82, 2.24) is 4.31 Å². The lowest BCUT2D eigenvalue weighted by atomic mass is 10.1. The highest BCUT2D eigenvalue weighted by molar-refractivity contribution is 7.89. The minimum absolute atomic E-state index is 0.0748. The molecule has 0 saturated carbocycles. The van der Waals surface area contributed by atoms with Crippen LogP contribution in [0.3, 0.4) is 0 Å². The molecule has 162 valence electrons. The fourth-order valence-corrected chi connectivity index (χ4v) is 4.74. The molecule has 0 aliphatic heterocycles. The molecule has 0 aliphatic rings. The molecule has 0 atom stereocenters. The molecular formula is C24H25ClN2O3S. The number of hydrogen-bond acceptors (Lipinski definition) is 3. The van der Waals surface area contributed by atoms with Gasteiger partial charge in [-0.05, 0) is 61.7 Å². The molecule has 0 spiro atoms. The Bertz CT molecular complexity index is 1150. The summed E-state index contributed by atoms with van der Waals surface area (Å²) in [5.74, 6) is -0.401. The number of amides is 1. The van der Waals surface area contributed by atoms with Gasteiger partial charge in [0.15, 0.2) is 0 Å². The SMILES string of the molecule is Cc1ccc(CN(CC(=O)Nc2c(C)cccc2C)S(=O)(=O)c2ccc(Cl)cc2)cc1. The Kier molecular flexibility index (Phi) is 7.15. The summed E-state index contributed by atoms with van der Waals surface area (Å²) in [4.78, 5) is 13.0. The van der Waals surface area contributed by atoms with Crippen molar-refractivity contribution >= 4 is 33.2 Å². The Morgan fingerprint density at radius 1 is 0.903 bits per heavy atom. The number of halogens is 1. The maximum atomic E-state index is 13.3. The molecule has 3 aromatic carbocycles. The van der Waals surface area contributed by atoms with Gasteiger partial charge in [0.1, 0.15) is 0 Å². The van der Waals surface area contributed by atoms with Gasteiger partial charge in [-0.2, -0.15) is 4.31 Å². The van der Waals surface area contributed by atoms with Gasteiger partial charge in [-0.15, -0.1) is 0 Å². The second-order valence-electron chi connectivity index (χ2n) is 7.53. The van der Waals surface area contributed by atoms with E-state index in [-0.39, 0.29) is 18.0 Å². The summed E-state index contributed by atoms with van der Waals surface area (Å²) < 4.78 is 27.9. The molecule has 7 heteroatoms. The van der Waals surface area contributed by atoms with Gasteiger partial charge in [-0.25, -0.2) is 8.42 Å². The summed E-state index contributed by atoms with van der Waals surface area (Å²) in [6.07, 6.45) is 0. The van der Waals surface area contributed by atoms with Gasteiger partial charge in [-0.3, -0.25) is 4.79 Å². The largest absolute Gasteiger partial charge is 0.324 e. The molecule has 0 unspecified atom stereocenters. The summed E-state index contributed by atoms with van der Waals surface area (Å²) in [6, 6.07) is 19.2. The van der Waals surface area contributed by atoms with Crippen LogP contribution in [0.1, 0.15) is 22.3 Å². The van der Waals surface area contributed by atoms with Crippen LogP contribution in [0, 0.1) is 20.8 Å². The highest BCUT2D eigenvalue weighted by atomic mass is 35.5. The zero-order valence-corrected chi connectivity index (χ0v) is 19.3. The predicted molar refractivity (Wildman–Crippen MR) is 125 cm³/mol. The monoisotopic (exact) mass is 456 g/mol. The fraction of sp³-hybridized carbons (Fsp3) is 0.208. The number of sulfonamides is 1. The summed E-state index contributed by atoms with van der Waals surface area (Å²) in [5, 5.41) is 3.31. The van der Waals surface area contributed by atoms with Crippen molar-refractivity contribution in [2.45, 2.75) is 32.2 Å². The van der Waals surface area contributed by atoms with E-state index < -0.39 is 15.9 Å². The van der Waals surface area contributed by atoms with E-state index in [1.807, 2.05) is 63.2 Å². The number of para-hydroxylation sites is 1. The number of benzene rings is 3. The molecule has 0 aromatic heterocycles. The van der Waals surface area contributed by atoms with Crippen molar-refractivity contribution in [3.8, 4) is 0 Å². The molecular weight excluding hydrogens is 432 g/mol. The highest BCUT2D eigenvalue weighted by Crippen LogP contribution is 2.22. The van der Waals surface area contributed by atoms with Crippen molar-refractivity contribution in [3.05, 3.63) is 94.0 Å². The third-order valence-corrected chi connectivity index (χ3v) is 7.05. The van der Waals surface area contributed by atoms with Gasteiger partial charge in [0.25, 0.3) is 0 Å². The van der Waals surface area contributed by atoms with Gasteiger partial charge in [-0.1, -0.05) is 59.6 Å². The summed E-state index contributed by atoms with van der Waals surface area (Å²) in [5.41, 5.74) is 4.40. The summed E-state index contributed by atoms with van der Waals surface area (Å²) >= 11 is 5.92. The number of carbonyl (C=O) groups excluding carboxylic acids is 1. The summed E-state index contributed by atoms with van der Waals surface area (Å²) in [6.45, 7) is 5.52. The molecule has 0 bridgehead atoms. The van der Waals surface area contributed by atoms with E-state index in [2.05, 4.69) is 5.32 Å². The van der Waals surface area contributed by atoms with Crippen LogP contribution >= 0.6 is 11.6 Å². The normalized spacial score (nSPS) is 11.5. The quantitative estimate of drug-likeness (QED) is 0.538. The first kappa shape index (κ1) is 23.0. The van der Waals surface area contributed by atoms with Crippen molar-refractivity contribution in [3.63, 3.8) is 0 Å². The minimum Gasteiger partial charge on any atom is -0.324 e. The van der Waals surface area contributed by atoms with E-state index in [4.69, 9.17) is 11.6 Å².